The van der Waals surface area contributed by atoms with Gasteiger partial charge < -0.3 is 15.1 Å². The number of hydrogen-bond donors (Lipinski definition) is 1. The molecular weight excluding hydrogens is 424 g/mol. The van der Waals surface area contributed by atoms with E-state index in [1.807, 2.05) is 18.2 Å². The molecule has 1 aromatic heterocycles. The summed E-state index contributed by atoms with van der Waals surface area (Å²) in [6.07, 6.45) is 5.35. The Hall–Kier alpha value is -3.45. The Morgan fingerprint density at radius 3 is 2.32 bits per heavy atom. The van der Waals surface area contributed by atoms with Crippen LogP contribution in [0, 0.1) is 5.92 Å². The maximum atomic E-state index is 12.9. The summed E-state index contributed by atoms with van der Waals surface area (Å²) in [6.45, 7) is 6.68. The molecule has 2 aromatic carbocycles. The van der Waals surface area contributed by atoms with Crippen LogP contribution in [0.1, 0.15) is 18.4 Å². The third-order valence-electron chi connectivity index (χ3n) is 6.75. The molecule has 7 heteroatoms. The van der Waals surface area contributed by atoms with Gasteiger partial charge in [0.1, 0.15) is 0 Å². The third kappa shape index (κ3) is 5.54. The Bertz CT molecular complexity index is 1050. The van der Waals surface area contributed by atoms with Gasteiger partial charge in [-0.2, -0.15) is 0 Å². The van der Waals surface area contributed by atoms with Crippen LogP contribution in [0.15, 0.2) is 73.1 Å². The number of hydrogen-bond acceptors (Lipinski definition) is 6. The summed E-state index contributed by atoms with van der Waals surface area (Å²) < 4.78 is 0. The molecule has 2 fully saturated rings. The number of benzene rings is 2. The van der Waals surface area contributed by atoms with Gasteiger partial charge in [0.25, 0.3) is 0 Å². The van der Waals surface area contributed by atoms with Gasteiger partial charge in [-0.3, -0.25) is 9.69 Å². The zero-order chi connectivity index (χ0) is 23.2. The van der Waals surface area contributed by atoms with Gasteiger partial charge in [0.15, 0.2) is 0 Å². The Balaban J connectivity index is 1.12. The number of nitrogens with one attached hydrogen (secondary N) is 1. The van der Waals surface area contributed by atoms with E-state index in [4.69, 9.17) is 0 Å². The van der Waals surface area contributed by atoms with Crippen LogP contribution < -0.4 is 15.1 Å². The monoisotopic (exact) mass is 456 g/mol. The van der Waals surface area contributed by atoms with E-state index in [-0.39, 0.29) is 11.8 Å². The van der Waals surface area contributed by atoms with Gasteiger partial charge in [-0.05, 0) is 48.7 Å². The summed E-state index contributed by atoms with van der Waals surface area (Å²) in [6, 6.07) is 20.7. The Morgan fingerprint density at radius 2 is 1.59 bits per heavy atom. The molecule has 5 rings (SSSR count). The number of amides is 1. The number of rotatable bonds is 6. The first-order valence-corrected chi connectivity index (χ1v) is 12.2. The third-order valence-corrected chi connectivity index (χ3v) is 6.75. The van der Waals surface area contributed by atoms with Crippen molar-refractivity contribution in [2.45, 2.75) is 19.4 Å². The maximum Gasteiger partial charge on any atom is 0.229 e. The first kappa shape index (κ1) is 22.3. The van der Waals surface area contributed by atoms with E-state index in [9.17, 15) is 4.79 Å². The van der Waals surface area contributed by atoms with Crippen molar-refractivity contribution in [3.8, 4) is 0 Å². The predicted molar refractivity (Wildman–Crippen MR) is 136 cm³/mol. The van der Waals surface area contributed by atoms with Crippen molar-refractivity contribution in [3.05, 3.63) is 78.6 Å². The topological polar surface area (TPSA) is 64.6 Å². The number of nitrogens with zero attached hydrogens (tertiary/aromatic N) is 5. The fourth-order valence-corrected chi connectivity index (χ4v) is 4.83. The quantitative estimate of drug-likeness (QED) is 0.611. The average molecular weight is 457 g/mol. The van der Waals surface area contributed by atoms with Crippen LogP contribution in [0.25, 0.3) is 0 Å². The Labute approximate surface area is 201 Å². The minimum absolute atomic E-state index is 0.0603. The summed E-state index contributed by atoms with van der Waals surface area (Å²) in [5, 5.41) is 3.11. The summed E-state index contributed by atoms with van der Waals surface area (Å²) in [5.74, 6) is 0.714. The van der Waals surface area contributed by atoms with E-state index in [1.54, 1.807) is 12.4 Å². The van der Waals surface area contributed by atoms with Gasteiger partial charge in [-0.15, -0.1) is 0 Å². The highest BCUT2D eigenvalue weighted by Crippen LogP contribution is 2.24. The van der Waals surface area contributed by atoms with Crippen LogP contribution in [0.4, 0.5) is 17.3 Å². The van der Waals surface area contributed by atoms with Crippen LogP contribution in [0.2, 0.25) is 0 Å². The minimum atomic E-state index is -0.0603. The number of anilines is 3. The minimum Gasteiger partial charge on any atom is -0.369 e. The molecule has 2 aliphatic heterocycles. The van der Waals surface area contributed by atoms with Crippen LogP contribution in [0.5, 0.6) is 0 Å². The van der Waals surface area contributed by atoms with Crippen molar-refractivity contribution in [2.24, 2.45) is 5.92 Å². The van der Waals surface area contributed by atoms with Gasteiger partial charge in [0.2, 0.25) is 11.9 Å². The Morgan fingerprint density at radius 1 is 0.853 bits per heavy atom. The fraction of sp³-hybridized carbons (Fsp3) is 0.370. The maximum absolute atomic E-state index is 12.9. The van der Waals surface area contributed by atoms with E-state index in [2.05, 4.69) is 72.4 Å². The highest BCUT2D eigenvalue weighted by atomic mass is 16.1. The lowest BCUT2D eigenvalue weighted by molar-refractivity contribution is -0.120. The van der Waals surface area contributed by atoms with E-state index >= 15 is 0 Å². The molecule has 1 atom stereocenters. The SMILES string of the molecule is O=C(Nc1ccc(N2CCN(Cc3ccccc3)CC2)cc1)C1CCCN(c2ncccn2)C1. The molecule has 3 aromatic rings. The molecule has 0 radical (unpaired) electrons. The normalized spacial score (nSPS) is 19.1. The number of piperazine rings is 1. The smallest absolute Gasteiger partial charge is 0.229 e. The molecule has 34 heavy (non-hydrogen) atoms. The van der Waals surface area contributed by atoms with Gasteiger partial charge >= 0.3 is 0 Å². The van der Waals surface area contributed by atoms with Crippen molar-refractivity contribution in [2.75, 3.05) is 54.4 Å². The highest BCUT2D eigenvalue weighted by Gasteiger charge is 2.27. The predicted octanol–water partition coefficient (Wildman–Crippen LogP) is 3.65. The lowest BCUT2D eigenvalue weighted by Gasteiger charge is -2.36. The van der Waals surface area contributed by atoms with Crippen molar-refractivity contribution >= 4 is 23.2 Å². The summed E-state index contributed by atoms with van der Waals surface area (Å²) in [5.41, 5.74) is 3.43. The molecule has 3 heterocycles. The first-order valence-electron chi connectivity index (χ1n) is 12.2. The van der Waals surface area contributed by atoms with E-state index in [1.165, 1.54) is 11.3 Å². The van der Waals surface area contributed by atoms with Crippen LogP contribution in [-0.2, 0) is 11.3 Å². The molecule has 1 amide bonds. The molecular formula is C27H32N6O. The van der Waals surface area contributed by atoms with Crippen molar-refractivity contribution in [1.82, 2.24) is 14.9 Å². The second kappa shape index (κ2) is 10.7. The molecule has 1 N–H and O–H groups in total. The van der Waals surface area contributed by atoms with E-state index in [0.717, 1.165) is 57.8 Å². The van der Waals surface area contributed by atoms with Crippen molar-refractivity contribution in [1.29, 1.82) is 0 Å². The second-order valence-electron chi connectivity index (χ2n) is 9.12. The summed E-state index contributed by atoms with van der Waals surface area (Å²) in [4.78, 5) is 28.6. The van der Waals surface area contributed by atoms with Gasteiger partial charge in [0, 0.05) is 69.6 Å². The van der Waals surface area contributed by atoms with Crippen LogP contribution in [0.3, 0.4) is 0 Å². The summed E-state index contributed by atoms with van der Waals surface area (Å²) in [7, 11) is 0. The zero-order valence-corrected chi connectivity index (χ0v) is 19.5. The molecule has 0 aliphatic carbocycles. The lowest BCUT2D eigenvalue weighted by atomic mass is 9.97. The molecule has 2 aliphatic rings. The van der Waals surface area contributed by atoms with E-state index < -0.39 is 0 Å². The van der Waals surface area contributed by atoms with E-state index in [0.29, 0.717) is 12.5 Å². The van der Waals surface area contributed by atoms with Gasteiger partial charge in [-0.25, -0.2) is 9.97 Å². The molecule has 7 nitrogen and oxygen atoms in total. The number of piperidine rings is 1. The Kier molecular flexibility index (Phi) is 7.00. The van der Waals surface area contributed by atoms with Crippen molar-refractivity contribution < 1.29 is 4.79 Å². The van der Waals surface area contributed by atoms with Crippen LogP contribution >= 0.6 is 0 Å². The molecule has 0 spiro atoms. The molecule has 2 saturated heterocycles. The molecule has 0 bridgehead atoms. The van der Waals surface area contributed by atoms with Crippen LogP contribution in [-0.4, -0.2) is 60.0 Å². The molecule has 176 valence electrons. The first-order chi connectivity index (χ1) is 16.7. The van der Waals surface area contributed by atoms with Gasteiger partial charge in [-0.1, -0.05) is 30.3 Å². The molecule has 0 saturated carbocycles. The lowest BCUT2D eigenvalue weighted by Crippen LogP contribution is -2.45. The van der Waals surface area contributed by atoms with Gasteiger partial charge in [0.05, 0.1) is 5.92 Å². The molecule has 1 unspecified atom stereocenters. The number of aromatic nitrogens is 2. The highest BCUT2D eigenvalue weighted by molar-refractivity contribution is 5.93. The zero-order valence-electron chi connectivity index (χ0n) is 19.5. The average Bonchev–Trinajstić information content (AvgIpc) is 2.91. The van der Waals surface area contributed by atoms with Crippen molar-refractivity contribution in [3.63, 3.8) is 0 Å². The second-order valence-corrected chi connectivity index (χ2v) is 9.12. The number of carbonyl (C=O) groups is 1. The fourth-order valence-electron chi connectivity index (χ4n) is 4.83. The number of carbonyl (C=O) groups excluding carboxylic acids is 1. The largest absolute Gasteiger partial charge is 0.369 e. The standard InChI is InChI=1S/C27H32N6O/c34-26(23-8-4-15-33(21-23)27-28-13-5-14-29-27)30-24-9-11-25(12-10-24)32-18-16-31(17-19-32)20-22-6-2-1-3-7-22/h1-3,5-7,9-14,23H,4,8,15-21H2,(H,30,34). The summed E-state index contributed by atoms with van der Waals surface area (Å²) >= 11 is 0.